The van der Waals surface area contributed by atoms with Crippen molar-refractivity contribution >= 4 is 21.9 Å². The van der Waals surface area contributed by atoms with E-state index in [4.69, 9.17) is 9.84 Å². The van der Waals surface area contributed by atoms with E-state index in [2.05, 4.69) is 15.9 Å². The molecule has 0 spiro atoms. The van der Waals surface area contributed by atoms with E-state index < -0.39 is 11.8 Å². The van der Waals surface area contributed by atoms with Gasteiger partial charge in [-0.3, -0.25) is 0 Å². The Bertz CT molecular complexity index is 596. The molecule has 0 atom stereocenters. The monoisotopic (exact) mass is 324 g/mol. The largest absolute Gasteiger partial charge is 0.489 e. The van der Waals surface area contributed by atoms with E-state index in [1.165, 1.54) is 12.1 Å². The summed E-state index contributed by atoms with van der Waals surface area (Å²) in [5, 5.41) is 9.01. The zero-order valence-electron chi connectivity index (χ0n) is 9.77. The van der Waals surface area contributed by atoms with Crippen molar-refractivity contribution in [1.29, 1.82) is 0 Å². The van der Waals surface area contributed by atoms with E-state index in [0.717, 1.165) is 10.5 Å². The lowest BCUT2D eigenvalue weighted by Crippen LogP contribution is -2.06. The van der Waals surface area contributed by atoms with Crippen molar-refractivity contribution in [2.24, 2.45) is 0 Å². The number of carboxylic acid groups (broad SMARTS) is 1. The third kappa shape index (κ3) is 3.54. The molecule has 3 nitrogen and oxygen atoms in total. The molecule has 1 N–H and O–H groups in total. The second kappa shape index (κ2) is 5.84. The Labute approximate surface area is 117 Å². The third-order valence-electron chi connectivity index (χ3n) is 2.51. The highest BCUT2D eigenvalue weighted by Crippen LogP contribution is 2.19. The standard InChI is InChI=1S/C14H10BrFO3/c15-10-1-4-12(5-2-10)19-8-9-7-11(16)3-6-13(9)14(17)18/h1-7H,8H2,(H,17,18). The molecule has 0 aromatic heterocycles. The van der Waals surface area contributed by atoms with Crippen molar-refractivity contribution in [1.82, 2.24) is 0 Å². The normalized spacial score (nSPS) is 10.2. The predicted molar refractivity (Wildman–Crippen MR) is 71.8 cm³/mol. The molecule has 0 amide bonds. The van der Waals surface area contributed by atoms with Crippen molar-refractivity contribution in [2.45, 2.75) is 6.61 Å². The molecule has 0 aliphatic rings. The summed E-state index contributed by atoms with van der Waals surface area (Å²) in [6.07, 6.45) is 0. The van der Waals surface area contributed by atoms with Crippen LogP contribution in [0, 0.1) is 5.82 Å². The van der Waals surface area contributed by atoms with E-state index >= 15 is 0 Å². The Morgan fingerprint density at radius 3 is 2.53 bits per heavy atom. The first-order valence-electron chi connectivity index (χ1n) is 5.46. The second-order valence-electron chi connectivity index (χ2n) is 3.85. The van der Waals surface area contributed by atoms with E-state index in [1.807, 2.05) is 0 Å². The van der Waals surface area contributed by atoms with Crippen molar-refractivity contribution in [3.8, 4) is 5.75 Å². The quantitative estimate of drug-likeness (QED) is 0.928. The maximum atomic E-state index is 13.1. The van der Waals surface area contributed by atoms with Gasteiger partial charge < -0.3 is 9.84 Å². The minimum Gasteiger partial charge on any atom is -0.489 e. The van der Waals surface area contributed by atoms with Gasteiger partial charge in [-0.05, 0) is 42.5 Å². The van der Waals surface area contributed by atoms with Crippen LogP contribution in [0.25, 0.3) is 0 Å². The molecular weight excluding hydrogens is 315 g/mol. The lowest BCUT2D eigenvalue weighted by atomic mass is 10.1. The predicted octanol–water partition coefficient (Wildman–Crippen LogP) is 3.87. The Kier molecular flexibility index (Phi) is 4.16. The van der Waals surface area contributed by atoms with Crippen LogP contribution in [-0.2, 0) is 6.61 Å². The summed E-state index contributed by atoms with van der Waals surface area (Å²) in [5.74, 6) is -1.00. The highest BCUT2D eigenvalue weighted by molar-refractivity contribution is 9.10. The number of hydrogen-bond acceptors (Lipinski definition) is 2. The number of aromatic carboxylic acids is 1. The number of carboxylic acids is 1. The summed E-state index contributed by atoms with van der Waals surface area (Å²) in [4.78, 5) is 11.0. The molecule has 98 valence electrons. The highest BCUT2D eigenvalue weighted by Gasteiger charge is 2.11. The molecule has 0 aliphatic heterocycles. The third-order valence-corrected chi connectivity index (χ3v) is 3.03. The van der Waals surface area contributed by atoms with E-state index in [9.17, 15) is 9.18 Å². The van der Waals surface area contributed by atoms with Crippen LogP contribution in [0.2, 0.25) is 0 Å². The average Bonchev–Trinajstić information content (AvgIpc) is 2.38. The molecule has 0 saturated carbocycles. The summed E-state index contributed by atoms with van der Waals surface area (Å²) in [7, 11) is 0. The van der Waals surface area contributed by atoms with Crippen LogP contribution in [0.15, 0.2) is 46.9 Å². The molecule has 19 heavy (non-hydrogen) atoms. The SMILES string of the molecule is O=C(O)c1ccc(F)cc1COc1ccc(Br)cc1. The van der Waals surface area contributed by atoms with E-state index in [-0.39, 0.29) is 12.2 Å². The van der Waals surface area contributed by atoms with Crippen LogP contribution in [0.4, 0.5) is 4.39 Å². The molecular formula is C14H10BrFO3. The summed E-state index contributed by atoms with van der Waals surface area (Å²) >= 11 is 3.30. The van der Waals surface area contributed by atoms with Gasteiger partial charge >= 0.3 is 5.97 Å². The van der Waals surface area contributed by atoms with Crippen molar-refractivity contribution in [3.05, 3.63) is 63.9 Å². The fourth-order valence-corrected chi connectivity index (χ4v) is 1.85. The van der Waals surface area contributed by atoms with E-state index in [0.29, 0.717) is 11.3 Å². The van der Waals surface area contributed by atoms with Crippen molar-refractivity contribution < 1.29 is 19.0 Å². The Morgan fingerprint density at radius 1 is 1.21 bits per heavy atom. The van der Waals surface area contributed by atoms with Crippen LogP contribution in [-0.4, -0.2) is 11.1 Å². The van der Waals surface area contributed by atoms with Crippen LogP contribution in [0.3, 0.4) is 0 Å². The van der Waals surface area contributed by atoms with Gasteiger partial charge in [0.2, 0.25) is 0 Å². The molecule has 0 bridgehead atoms. The first kappa shape index (κ1) is 13.5. The molecule has 5 heteroatoms. The topological polar surface area (TPSA) is 46.5 Å². The summed E-state index contributed by atoms with van der Waals surface area (Å²) in [6, 6.07) is 10.6. The van der Waals surface area contributed by atoms with Gasteiger partial charge in [-0.15, -0.1) is 0 Å². The fourth-order valence-electron chi connectivity index (χ4n) is 1.58. The summed E-state index contributed by atoms with van der Waals surface area (Å²) < 4.78 is 19.5. The lowest BCUT2D eigenvalue weighted by Gasteiger charge is -2.09. The van der Waals surface area contributed by atoms with Gasteiger partial charge in [-0.2, -0.15) is 0 Å². The lowest BCUT2D eigenvalue weighted by molar-refractivity contribution is 0.0694. The average molecular weight is 325 g/mol. The van der Waals surface area contributed by atoms with Crippen LogP contribution in [0.5, 0.6) is 5.75 Å². The molecule has 0 unspecified atom stereocenters. The minimum absolute atomic E-state index is 0.00102. The van der Waals surface area contributed by atoms with Gasteiger partial charge in [0.15, 0.2) is 0 Å². The first-order chi connectivity index (χ1) is 9.06. The zero-order valence-corrected chi connectivity index (χ0v) is 11.4. The maximum absolute atomic E-state index is 13.1. The molecule has 0 aliphatic carbocycles. The van der Waals surface area contributed by atoms with Gasteiger partial charge in [0.1, 0.15) is 18.2 Å². The van der Waals surface area contributed by atoms with Crippen LogP contribution >= 0.6 is 15.9 Å². The Hall–Kier alpha value is -1.88. The maximum Gasteiger partial charge on any atom is 0.336 e. The first-order valence-corrected chi connectivity index (χ1v) is 6.25. The number of halogens is 2. The molecule has 0 radical (unpaired) electrons. The molecule has 2 rings (SSSR count). The Morgan fingerprint density at radius 2 is 1.89 bits per heavy atom. The van der Waals surface area contributed by atoms with Crippen LogP contribution < -0.4 is 4.74 Å². The van der Waals surface area contributed by atoms with Gasteiger partial charge in [-0.1, -0.05) is 15.9 Å². The zero-order chi connectivity index (χ0) is 13.8. The minimum atomic E-state index is -1.10. The molecule has 0 saturated heterocycles. The van der Waals surface area contributed by atoms with Crippen LogP contribution in [0.1, 0.15) is 15.9 Å². The van der Waals surface area contributed by atoms with Gasteiger partial charge in [0.05, 0.1) is 5.56 Å². The van der Waals surface area contributed by atoms with Gasteiger partial charge in [0, 0.05) is 10.0 Å². The molecule has 0 fully saturated rings. The second-order valence-corrected chi connectivity index (χ2v) is 4.76. The fraction of sp³-hybridized carbons (Fsp3) is 0.0714. The van der Waals surface area contributed by atoms with Crippen molar-refractivity contribution in [3.63, 3.8) is 0 Å². The summed E-state index contributed by atoms with van der Waals surface area (Å²) in [6.45, 7) is 0.00102. The number of rotatable bonds is 4. The molecule has 2 aromatic rings. The Balaban J connectivity index is 2.16. The number of benzene rings is 2. The highest BCUT2D eigenvalue weighted by atomic mass is 79.9. The number of ether oxygens (including phenoxy) is 1. The number of carbonyl (C=O) groups is 1. The molecule has 0 heterocycles. The summed E-state index contributed by atoms with van der Waals surface area (Å²) in [5.41, 5.74) is 0.342. The van der Waals surface area contributed by atoms with Crippen molar-refractivity contribution in [2.75, 3.05) is 0 Å². The van der Waals surface area contributed by atoms with Gasteiger partial charge in [-0.25, -0.2) is 9.18 Å². The molecule has 2 aromatic carbocycles. The number of hydrogen-bond donors (Lipinski definition) is 1. The van der Waals surface area contributed by atoms with E-state index in [1.54, 1.807) is 24.3 Å². The smallest absolute Gasteiger partial charge is 0.336 e. The van der Waals surface area contributed by atoms with Gasteiger partial charge in [0.25, 0.3) is 0 Å².